The summed E-state index contributed by atoms with van der Waals surface area (Å²) in [5, 5.41) is 11.8. The van der Waals surface area contributed by atoms with Crippen molar-refractivity contribution in [1.29, 1.82) is 5.26 Å². The number of amides is 1. The number of nitrogens with one attached hydrogen (secondary N) is 1. The van der Waals surface area contributed by atoms with Crippen molar-refractivity contribution in [3.8, 4) is 6.07 Å². The Kier molecular flexibility index (Phi) is 4.56. The van der Waals surface area contributed by atoms with Gasteiger partial charge in [0.25, 0.3) is 5.91 Å². The molecular weight excluding hydrogens is 419 g/mol. The van der Waals surface area contributed by atoms with Crippen LogP contribution in [0.4, 0.5) is 5.69 Å². The summed E-state index contributed by atoms with van der Waals surface area (Å²) in [5.41, 5.74) is 1.53. The standard InChI is InChI=1S/C14H8BrIN2O/c15-10-5-6-13(9(7-10)8-17)18-14(19)11-3-1-2-4-12(11)16/h1-7H,(H,18,19). The van der Waals surface area contributed by atoms with Gasteiger partial charge < -0.3 is 5.32 Å². The third-order valence-corrected chi connectivity index (χ3v) is 3.90. The molecule has 0 aromatic heterocycles. The van der Waals surface area contributed by atoms with Crippen molar-refractivity contribution in [3.05, 3.63) is 61.6 Å². The molecule has 5 heteroatoms. The minimum Gasteiger partial charge on any atom is -0.321 e. The van der Waals surface area contributed by atoms with E-state index in [1.807, 2.05) is 18.2 Å². The molecular formula is C14H8BrIN2O. The number of carbonyl (C=O) groups excluding carboxylic acids is 1. The number of nitrogens with zero attached hydrogens (tertiary/aromatic N) is 1. The van der Waals surface area contributed by atoms with Gasteiger partial charge in [-0.2, -0.15) is 5.26 Å². The molecule has 0 saturated heterocycles. The molecule has 0 spiro atoms. The smallest absolute Gasteiger partial charge is 0.256 e. The topological polar surface area (TPSA) is 52.9 Å². The van der Waals surface area contributed by atoms with Gasteiger partial charge in [0.1, 0.15) is 6.07 Å². The highest BCUT2D eigenvalue weighted by molar-refractivity contribution is 14.1. The van der Waals surface area contributed by atoms with Gasteiger partial charge in [-0.25, -0.2) is 0 Å². The van der Waals surface area contributed by atoms with Crippen molar-refractivity contribution < 1.29 is 4.79 Å². The van der Waals surface area contributed by atoms with Crippen LogP contribution in [0.15, 0.2) is 46.9 Å². The second-order valence-corrected chi connectivity index (χ2v) is 5.81. The third-order valence-electron chi connectivity index (χ3n) is 2.47. The maximum Gasteiger partial charge on any atom is 0.256 e. The van der Waals surface area contributed by atoms with Crippen LogP contribution in [0.3, 0.4) is 0 Å². The van der Waals surface area contributed by atoms with E-state index in [1.165, 1.54) is 0 Å². The number of hydrogen-bond donors (Lipinski definition) is 1. The van der Waals surface area contributed by atoms with E-state index in [1.54, 1.807) is 24.3 Å². The zero-order valence-corrected chi connectivity index (χ0v) is 13.4. The molecule has 1 N–H and O–H groups in total. The van der Waals surface area contributed by atoms with Gasteiger partial charge in [-0.1, -0.05) is 28.1 Å². The van der Waals surface area contributed by atoms with Crippen molar-refractivity contribution >= 4 is 50.1 Å². The quantitative estimate of drug-likeness (QED) is 0.732. The molecule has 2 aromatic carbocycles. The normalized spacial score (nSPS) is 9.74. The van der Waals surface area contributed by atoms with Crippen molar-refractivity contribution in [2.45, 2.75) is 0 Å². The molecule has 0 unspecified atom stereocenters. The molecule has 0 aliphatic carbocycles. The van der Waals surface area contributed by atoms with Crippen LogP contribution in [0.5, 0.6) is 0 Å². The Labute approximate surface area is 132 Å². The fourth-order valence-corrected chi connectivity index (χ4v) is 2.55. The first-order valence-corrected chi connectivity index (χ1v) is 7.24. The Hall–Kier alpha value is -1.39. The van der Waals surface area contributed by atoms with E-state index in [0.29, 0.717) is 16.8 Å². The van der Waals surface area contributed by atoms with Crippen LogP contribution < -0.4 is 5.32 Å². The van der Waals surface area contributed by atoms with Gasteiger partial charge in [0.05, 0.1) is 16.8 Å². The van der Waals surface area contributed by atoms with Crippen LogP contribution in [0.2, 0.25) is 0 Å². The molecule has 0 saturated carbocycles. The molecule has 3 nitrogen and oxygen atoms in total. The predicted octanol–water partition coefficient (Wildman–Crippen LogP) is 4.18. The maximum atomic E-state index is 12.2. The first kappa shape index (κ1) is 14.0. The number of rotatable bonds is 2. The van der Waals surface area contributed by atoms with Crippen LogP contribution in [0.1, 0.15) is 15.9 Å². The average molecular weight is 427 g/mol. The highest BCUT2D eigenvalue weighted by Gasteiger charge is 2.11. The molecule has 0 heterocycles. The monoisotopic (exact) mass is 426 g/mol. The molecule has 0 fully saturated rings. The second-order valence-electron chi connectivity index (χ2n) is 3.74. The van der Waals surface area contributed by atoms with Crippen LogP contribution >= 0.6 is 38.5 Å². The maximum absolute atomic E-state index is 12.2. The van der Waals surface area contributed by atoms with Gasteiger partial charge in [-0.05, 0) is 52.9 Å². The summed E-state index contributed by atoms with van der Waals surface area (Å²) < 4.78 is 1.67. The molecule has 0 aliphatic heterocycles. The summed E-state index contributed by atoms with van der Waals surface area (Å²) in [7, 11) is 0. The molecule has 0 bridgehead atoms. The predicted molar refractivity (Wildman–Crippen MR) is 86.0 cm³/mol. The zero-order valence-electron chi connectivity index (χ0n) is 9.65. The first-order chi connectivity index (χ1) is 9.11. The lowest BCUT2D eigenvalue weighted by Gasteiger charge is -2.08. The molecule has 0 aliphatic rings. The van der Waals surface area contributed by atoms with Gasteiger partial charge in [-0.15, -0.1) is 0 Å². The lowest BCUT2D eigenvalue weighted by atomic mass is 10.1. The summed E-state index contributed by atoms with van der Waals surface area (Å²) in [4.78, 5) is 12.2. The Balaban J connectivity index is 2.30. The Morgan fingerprint density at radius 3 is 2.68 bits per heavy atom. The molecule has 1 amide bonds. The van der Waals surface area contributed by atoms with Gasteiger partial charge in [0, 0.05) is 8.04 Å². The summed E-state index contributed by atoms with van der Waals surface area (Å²) in [6.45, 7) is 0. The highest BCUT2D eigenvalue weighted by atomic mass is 127. The number of carbonyl (C=O) groups is 1. The van der Waals surface area contributed by atoms with Crippen LogP contribution in [0.25, 0.3) is 0 Å². The highest BCUT2D eigenvalue weighted by Crippen LogP contribution is 2.21. The van der Waals surface area contributed by atoms with E-state index in [4.69, 9.17) is 5.26 Å². The first-order valence-electron chi connectivity index (χ1n) is 5.37. The van der Waals surface area contributed by atoms with Crippen LogP contribution in [0, 0.1) is 14.9 Å². The minimum atomic E-state index is -0.219. The van der Waals surface area contributed by atoms with Crippen LogP contribution in [-0.4, -0.2) is 5.91 Å². The summed E-state index contributed by atoms with van der Waals surface area (Å²) >= 11 is 5.40. The Morgan fingerprint density at radius 2 is 2.00 bits per heavy atom. The second kappa shape index (κ2) is 6.17. The zero-order chi connectivity index (χ0) is 13.8. The van der Waals surface area contributed by atoms with Gasteiger partial charge in [0.15, 0.2) is 0 Å². The fourth-order valence-electron chi connectivity index (χ4n) is 1.55. The van der Waals surface area contributed by atoms with E-state index in [2.05, 4.69) is 49.9 Å². The summed E-state index contributed by atoms with van der Waals surface area (Å²) in [6.07, 6.45) is 0. The van der Waals surface area contributed by atoms with E-state index < -0.39 is 0 Å². The lowest BCUT2D eigenvalue weighted by molar-refractivity contribution is 0.102. The van der Waals surface area contributed by atoms with E-state index in [-0.39, 0.29) is 5.91 Å². The van der Waals surface area contributed by atoms with Gasteiger partial charge in [-0.3, -0.25) is 4.79 Å². The fraction of sp³-hybridized carbons (Fsp3) is 0. The number of halogens is 2. The van der Waals surface area contributed by atoms with E-state index in [9.17, 15) is 4.79 Å². The average Bonchev–Trinajstić information content (AvgIpc) is 2.41. The third kappa shape index (κ3) is 3.33. The van der Waals surface area contributed by atoms with E-state index in [0.717, 1.165) is 8.04 Å². The molecule has 0 atom stereocenters. The number of hydrogen-bond acceptors (Lipinski definition) is 2. The van der Waals surface area contributed by atoms with E-state index >= 15 is 0 Å². The van der Waals surface area contributed by atoms with Crippen molar-refractivity contribution in [3.63, 3.8) is 0 Å². The number of nitriles is 1. The molecule has 2 aromatic rings. The Bertz CT molecular complexity index is 679. The number of benzene rings is 2. The lowest BCUT2D eigenvalue weighted by Crippen LogP contribution is -2.14. The molecule has 0 radical (unpaired) electrons. The van der Waals surface area contributed by atoms with Crippen LogP contribution in [-0.2, 0) is 0 Å². The summed E-state index contributed by atoms with van der Waals surface area (Å²) in [6, 6.07) is 14.5. The SMILES string of the molecule is N#Cc1cc(Br)ccc1NC(=O)c1ccccc1I. The molecule has 19 heavy (non-hydrogen) atoms. The number of anilines is 1. The van der Waals surface area contributed by atoms with Gasteiger partial charge in [0.2, 0.25) is 0 Å². The molecule has 2 rings (SSSR count). The van der Waals surface area contributed by atoms with Crippen molar-refractivity contribution in [2.75, 3.05) is 5.32 Å². The summed E-state index contributed by atoms with van der Waals surface area (Å²) in [5.74, 6) is -0.219. The minimum absolute atomic E-state index is 0.219. The molecule has 94 valence electrons. The van der Waals surface area contributed by atoms with Gasteiger partial charge >= 0.3 is 0 Å². The largest absolute Gasteiger partial charge is 0.321 e. The van der Waals surface area contributed by atoms with Crippen molar-refractivity contribution in [2.24, 2.45) is 0 Å². The Morgan fingerprint density at radius 1 is 1.26 bits per heavy atom. The van der Waals surface area contributed by atoms with Crippen molar-refractivity contribution in [1.82, 2.24) is 0 Å².